The molecule has 150 valence electrons. The number of nitrogens with one attached hydrogen (secondary N) is 2. The fraction of sp³-hybridized carbons (Fsp3) is 0.550. The zero-order valence-electron chi connectivity index (χ0n) is 16.8. The van der Waals surface area contributed by atoms with Crippen molar-refractivity contribution in [3.05, 3.63) is 36.5 Å². The third kappa shape index (κ3) is 7.25. The highest BCUT2D eigenvalue weighted by atomic mass is 32.2. The van der Waals surface area contributed by atoms with Gasteiger partial charge in [0.25, 0.3) is 0 Å². The van der Waals surface area contributed by atoms with E-state index in [1.807, 2.05) is 0 Å². The molecular weight excluding hydrogens is 360 g/mol. The monoisotopic (exact) mass is 392 g/mol. The Labute approximate surface area is 163 Å². The SMILES string of the molecule is CN=C(NCCCn1ccc2ccccc21)NCC(C)(C)CCS(C)(=O)=O. The van der Waals surface area contributed by atoms with Crippen LogP contribution in [0.15, 0.2) is 41.5 Å². The number of aryl methyl sites for hydroxylation is 1. The number of sulfone groups is 1. The molecule has 0 amide bonds. The van der Waals surface area contributed by atoms with E-state index in [4.69, 9.17) is 0 Å². The predicted molar refractivity (Wildman–Crippen MR) is 114 cm³/mol. The fourth-order valence-corrected chi connectivity index (χ4v) is 3.81. The number of guanidine groups is 1. The van der Waals surface area contributed by atoms with E-state index in [-0.39, 0.29) is 11.2 Å². The highest BCUT2D eigenvalue weighted by Gasteiger charge is 2.20. The lowest BCUT2D eigenvalue weighted by atomic mass is 9.90. The van der Waals surface area contributed by atoms with Crippen LogP contribution >= 0.6 is 0 Å². The summed E-state index contributed by atoms with van der Waals surface area (Å²) in [5.74, 6) is 0.957. The van der Waals surface area contributed by atoms with Gasteiger partial charge in [-0.2, -0.15) is 0 Å². The van der Waals surface area contributed by atoms with Crippen LogP contribution in [0.2, 0.25) is 0 Å². The second kappa shape index (κ2) is 9.26. The molecule has 1 heterocycles. The van der Waals surface area contributed by atoms with Crippen molar-refractivity contribution in [3.8, 4) is 0 Å². The molecule has 0 saturated heterocycles. The summed E-state index contributed by atoms with van der Waals surface area (Å²) in [6.07, 6.45) is 5.01. The van der Waals surface area contributed by atoms with Crippen LogP contribution in [0.1, 0.15) is 26.7 Å². The first-order chi connectivity index (χ1) is 12.7. The van der Waals surface area contributed by atoms with Crippen molar-refractivity contribution >= 4 is 26.7 Å². The number of rotatable bonds is 9. The molecule has 2 rings (SSSR count). The van der Waals surface area contributed by atoms with Gasteiger partial charge in [-0.1, -0.05) is 32.0 Å². The van der Waals surface area contributed by atoms with Crippen molar-refractivity contribution in [1.82, 2.24) is 15.2 Å². The Hall–Kier alpha value is -2.02. The van der Waals surface area contributed by atoms with Crippen molar-refractivity contribution in [2.24, 2.45) is 10.4 Å². The number of benzene rings is 1. The molecule has 0 unspecified atom stereocenters. The van der Waals surface area contributed by atoms with Crippen LogP contribution in [-0.2, 0) is 16.4 Å². The van der Waals surface area contributed by atoms with Crippen LogP contribution in [0, 0.1) is 5.41 Å². The van der Waals surface area contributed by atoms with Crippen LogP contribution in [0.4, 0.5) is 0 Å². The van der Waals surface area contributed by atoms with Crippen molar-refractivity contribution in [2.45, 2.75) is 33.2 Å². The van der Waals surface area contributed by atoms with Gasteiger partial charge in [-0.25, -0.2) is 8.42 Å². The third-order valence-corrected chi connectivity index (χ3v) is 5.60. The number of nitrogens with zero attached hydrogens (tertiary/aromatic N) is 2. The van der Waals surface area contributed by atoms with Crippen molar-refractivity contribution in [1.29, 1.82) is 0 Å². The Balaban J connectivity index is 1.74. The quantitative estimate of drug-likeness (QED) is 0.391. The Kier molecular flexibility index (Phi) is 7.30. The number of hydrogen-bond acceptors (Lipinski definition) is 3. The predicted octanol–water partition coefficient (Wildman–Crippen LogP) is 2.66. The molecule has 0 aliphatic carbocycles. The van der Waals surface area contributed by atoms with Gasteiger partial charge < -0.3 is 15.2 Å². The van der Waals surface area contributed by atoms with Gasteiger partial charge in [-0.05, 0) is 35.8 Å². The minimum absolute atomic E-state index is 0.120. The van der Waals surface area contributed by atoms with Crippen LogP contribution < -0.4 is 10.6 Å². The lowest BCUT2D eigenvalue weighted by molar-refractivity contribution is 0.348. The summed E-state index contributed by atoms with van der Waals surface area (Å²) in [6, 6.07) is 10.5. The standard InChI is InChI=1S/C20H32N4O2S/c1-20(2,11-15-27(4,25)26)16-23-19(21-3)22-12-7-13-24-14-10-17-8-5-6-9-18(17)24/h5-6,8-10,14H,7,11-13,15-16H2,1-4H3,(H2,21,22,23). The van der Waals surface area contributed by atoms with E-state index in [1.54, 1.807) is 7.05 Å². The fourth-order valence-electron chi connectivity index (χ4n) is 2.89. The Morgan fingerprint density at radius 2 is 1.93 bits per heavy atom. The van der Waals surface area contributed by atoms with E-state index in [1.165, 1.54) is 17.2 Å². The minimum Gasteiger partial charge on any atom is -0.356 e. The topological polar surface area (TPSA) is 75.5 Å². The largest absolute Gasteiger partial charge is 0.356 e. The molecule has 0 fully saturated rings. The Morgan fingerprint density at radius 3 is 2.63 bits per heavy atom. The molecule has 6 nitrogen and oxygen atoms in total. The Bertz CT molecular complexity index is 869. The maximum atomic E-state index is 11.4. The van der Waals surface area contributed by atoms with Crippen LogP contribution in [-0.4, -0.2) is 51.1 Å². The van der Waals surface area contributed by atoms with Gasteiger partial charge >= 0.3 is 0 Å². The van der Waals surface area contributed by atoms with Crippen molar-refractivity contribution < 1.29 is 8.42 Å². The molecule has 27 heavy (non-hydrogen) atoms. The number of hydrogen-bond donors (Lipinski definition) is 2. The van der Waals surface area contributed by atoms with Gasteiger partial charge in [0.2, 0.25) is 0 Å². The van der Waals surface area contributed by atoms with Gasteiger partial charge in [-0.15, -0.1) is 0 Å². The molecule has 1 aromatic heterocycles. The number of para-hydroxylation sites is 1. The van der Waals surface area contributed by atoms with Gasteiger partial charge in [0.15, 0.2) is 5.96 Å². The van der Waals surface area contributed by atoms with Gasteiger partial charge in [0, 0.05) is 44.7 Å². The summed E-state index contributed by atoms with van der Waals surface area (Å²) in [7, 11) is -1.18. The first kappa shape index (κ1) is 21.3. The normalized spacial score (nSPS) is 13.1. The summed E-state index contributed by atoms with van der Waals surface area (Å²) < 4.78 is 25.0. The number of fused-ring (bicyclic) bond motifs is 1. The maximum absolute atomic E-state index is 11.4. The van der Waals surface area contributed by atoms with E-state index < -0.39 is 9.84 Å². The lowest BCUT2D eigenvalue weighted by Crippen LogP contribution is -2.42. The summed E-state index contributed by atoms with van der Waals surface area (Å²) >= 11 is 0. The molecule has 0 aliphatic rings. The summed E-state index contributed by atoms with van der Waals surface area (Å²) in [5.41, 5.74) is 1.14. The highest BCUT2D eigenvalue weighted by Crippen LogP contribution is 2.19. The van der Waals surface area contributed by atoms with Crippen LogP contribution in [0.3, 0.4) is 0 Å². The molecule has 1 aromatic carbocycles. The summed E-state index contributed by atoms with van der Waals surface area (Å²) in [5, 5.41) is 7.90. The molecule has 0 aliphatic heterocycles. The van der Waals surface area contributed by atoms with E-state index in [9.17, 15) is 8.42 Å². The van der Waals surface area contributed by atoms with Crippen LogP contribution in [0.5, 0.6) is 0 Å². The molecule has 0 spiro atoms. The first-order valence-electron chi connectivity index (χ1n) is 9.36. The molecule has 7 heteroatoms. The second-order valence-electron chi connectivity index (χ2n) is 7.82. The van der Waals surface area contributed by atoms with E-state index in [0.717, 1.165) is 25.5 Å². The summed E-state index contributed by atoms with van der Waals surface area (Å²) in [6.45, 7) is 6.56. The van der Waals surface area contributed by atoms with E-state index >= 15 is 0 Å². The summed E-state index contributed by atoms with van der Waals surface area (Å²) in [4.78, 5) is 4.25. The zero-order chi connectivity index (χ0) is 19.9. The maximum Gasteiger partial charge on any atom is 0.190 e. The Morgan fingerprint density at radius 1 is 1.19 bits per heavy atom. The molecule has 2 aromatic rings. The van der Waals surface area contributed by atoms with E-state index in [0.29, 0.717) is 13.0 Å². The minimum atomic E-state index is -2.93. The first-order valence-corrected chi connectivity index (χ1v) is 11.4. The van der Waals surface area contributed by atoms with Gasteiger partial charge in [0.05, 0.1) is 5.75 Å². The number of aliphatic imine (C=N–C) groups is 1. The molecular formula is C20H32N4O2S. The smallest absolute Gasteiger partial charge is 0.190 e. The van der Waals surface area contributed by atoms with Crippen LogP contribution in [0.25, 0.3) is 10.9 Å². The van der Waals surface area contributed by atoms with Gasteiger partial charge in [0.1, 0.15) is 9.84 Å². The highest BCUT2D eigenvalue weighted by molar-refractivity contribution is 7.90. The molecule has 0 saturated carbocycles. The molecule has 0 atom stereocenters. The molecule has 0 radical (unpaired) electrons. The van der Waals surface area contributed by atoms with Crippen molar-refractivity contribution in [3.63, 3.8) is 0 Å². The third-order valence-electron chi connectivity index (χ3n) is 4.66. The average molecular weight is 393 g/mol. The second-order valence-corrected chi connectivity index (χ2v) is 10.1. The molecule has 0 bridgehead atoms. The zero-order valence-corrected chi connectivity index (χ0v) is 17.6. The average Bonchev–Trinajstić information content (AvgIpc) is 3.02. The number of aromatic nitrogens is 1. The lowest BCUT2D eigenvalue weighted by Gasteiger charge is -2.25. The van der Waals surface area contributed by atoms with E-state index in [2.05, 4.69) is 70.6 Å². The van der Waals surface area contributed by atoms with Gasteiger partial charge in [-0.3, -0.25) is 4.99 Å². The van der Waals surface area contributed by atoms with Crippen molar-refractivity contribution in [2.75, 3.05) is 32.1 Å². The molecule has 2 N–H and O–H groups in total.